The lowest BCUT2D eigenvalue weighted by molar-refractivity contribution is -0.302. The topological polar surface area (TPSA) is 173 Å². The van der Waals surface area contributed by atoms with Crippen molar-refractivity contribution in [3.8, 4) is 0 Å². The highest BCUT2D eigenvalue weighted by molar-refractivity contribution is 8.00. The number of thioether (sulfide) groups is 2. The molecule has 4 heterocycles. The van der Waals surface area contributed by atoms with Crippen LogP contribution in [0.4, 0.5) is 0 Å². The Hall–Kier alpha value is -2.28. The molecule has 0 spiro atoms. The molecule has 4 rings (SSSR count). The van der Waals surface area contributed by atoms with Crippen LogP contribution in [0, 0.1) is 0 Å². The molecule has 4 N–H and O–H groups in total. The lowest BCUT2D eigenvalue weighted by Crippen LogP contribution is -2.69. The SMILES string of the molecule is C.C.C=CC1=C(C(=O)[O-])N2C(=O)[C@@H](N)[C@H]2SC1.CC1=C(C(=O)[O-])N2C(=O)[C@@H](N)[C@H]2SC1. The Bertz CT molecular complexity index is 887. The highest BCUT2D eigenvalue weighted by Crippen LogP contribution is 2.40. The molecule has 2 fully saturated rings. The van der Waals surface area contributed by atoms with E-state index in [1.165, 1.54) is 39.4 Å². The van der Waals surface area contributed by atoms with E-state index in [9.17, 15) is 29.4 Å². The Morgan fingerprint density at radius 3 is 1.81 bits per heavy atom. The maximum Gasteiger partial charge on any atom is 0.248 e. The molecule has 0 aromatic carbocycles. The van der Waals surface area contributed by atoms with E-state index in [-0.39, 0.29) is 48.8 Å². The second-order valence-corrected chi connectivity index (χ2v) is 8.86. The Labute approximate surface area is 189 Å². The van der Waals surface area contributed by atoms with Gasteiger partial charge in [-0.3, -0.25) is 19.4 Å². The average molecular weight is 471 g/mol. The van der Waals surface area contributed by atoms with Gasteiger partial charge in [0.1, 0.15) is 22.8 Å². The van der Waals surface area contributed by atoms with E-state index in [1.54, 1.807) is 6.92 Å². The van der Waals surface area contributed by atoms with Gasteiger partial charge in [0.15, 0.2) is 0 Å². The minimum absolute atomic E-state index is 0. The molecule has 0 aliphatic carbocycles. The predicted molar refractivity (Wildman–Crippen MR) is 116 cm³/mol. The van der Waals surface area contributed by atoms with Gasteiger partial charge in [-0.05, 0) is 18.1 Å². The average Bonchev–Trinajstić information content (AvgIpc) is 2.71. The summed E-state index contributed by atoms with van der Waals surface area (Å²) in [4.78, 5) is 46.8. The number of amides is 2. The van der Waals surface area contributed by atoms with Gasteiger partial charge >= 0.3 is 0 Å². The Balaban J connectivity index is 0.000000292. The highest BCUT2D eigenvalue weighted by Gasteiger charge is 2.50. The van der Waals surface area contributed by atoms with Crippen LogP contribution in [0.2, 0.25) is 0 Å². The number of carbonyl (C=O) groups is 4. The van der Waals surface area contributed by atoms with Gasteiger partial charge in [0.2, 0.25) is 11.8 Å². The van der Waals surface area contributed by atoms with Crippen molar-refractivity contribution in [2.75, 3.05) is 11.5 Å². The standard InChI is InChI=1S/C9H10N2O3S.C8H10N2O3S.2CH4/c1-2-4-3-15-8-5(10)7(12)11(8)6(4)9(13)14;1-3-2-14-7-4(9)6(11)10(7)5(3)8(12)13;;/h2,5,8H,1,3,10H2,(H,13,14);4,7H,2,9H2,1H3,(H,12,13);2*1H4/p-2/t5-,8-;4-,7-;;/m11../s1. The number of nitrogens with two attached hydrogens (primary N) is 2. The number of rotatable bonds is 3. The lowest BCUT2D eigenvalue weighted by atomic mass is 10.0. The van der Waals surface area contributed by atoms with Crippen molar-refractivity contribution in [3.63, 3.8) is 0 Å². The molecule has 4 atom stereocenters. The van der Waals surface area contributed by atoms with Crippen molar-refractivity contribution in [3.05, 3.63) is 35.2 Å². The minimum atomic E-state index is -1.35. The Kier molecular flexibility index (Phi) is 8.54. The summed E-state index contributed by atoms with van der Waals surface area (Å²) in [5, 5.41) is 21.2. The molecule has 2 saturated heterocycles. The number of carbonyl (C=O) groups excluding carboxylic acids is 4. The molecule has 12 heteroatoms. The van der Waals surface area contributed by atoms with Crippen LogP contribution in [0.15, 0.2) is 35.2 Å². The molecule has 0 saturated carbocycles. The third-order valence-electron chi connectivity index (χ3n) is 4.87. The fraction of sp³-hybridized carbons (Fsp3) is 0.474. The largest absolute Gasteiger partial charge is 0.543 e. The number of hydrogen-bond donors (Lipinski definition) is 2. The molecule has 2 amide bonds. The molecule has 10 nitrogen and oxygen atoms in total. The Morgan fingerprint density at radius 2 is 1.39 bits per heavy atom. The van der Waals surface area contributed by atoms with E-state index < -0.39 is 24.0 Å². The summed E-state index contributed by atoms with van der Waals surface area (Å²) in [6.45, 7) is 5.20. The molecule has 0 radical (unpaired) electrons. The van der Waals surface area contributed by atoms with Crippen molar-refractivity contribution in [2.24, 2.45) is 11.5 Å². The number of aliphatic carboxylic acids is 2. The fourth-order valence-corrected chi connectivity index (χ4v) is 5.87. The highest BCUT2D eigenvalue weighted by atomic mass is 32.2. The minimum Gasteiger partial charge on any atom is -0.543 e. The number of nitrogens with zero attached hydrogens (tertiary/aromatic N) is 2. The summed E-state index contributed by atoms with van der Waals surface area (Å²) in [6, 6.07) is -1.17. The Morgan fingerprint density at radius 1 is 0.968 bits per heavy atom. The molecule has 4 aliphatic heterocycles. The number of carboxylic acids is 2. The third kappa shape index (κ3) is 4.25. The first-order valence-electron chi connectivity index (χ1n) is 8.50. The summed E-state index contributed by atoms with van der Waals surface area (Å²) >= 11 is 2.92. The van der Waals surface area contributed by atoms with E-state index in [0.29, 0.717) is 22.7 Å². The third-order valence-corrected chi connectivity index (χ3v) is 7.64. The van der Waals surface area contributed by atoms with Crippen LogP contribution in [0.3, 0.4) is 0 Å². The van der Waals surface area contributed by atoms with Gasteiger partial charge < -0.3 is 31.3 Å². The van der Waals surface area contributed by atoms with Crippen LogP contribution in [0.5, 0.6) is 0 Å². The van der Waals surface area contributed by atoms with Crippen LogP contribution >= 0.6 is 23.5 Å². The molecule has 0 unspecified atom stereocenters. The normalized spacial score (nSPS) is 28.5. The number of fused-ring (bicyclic) bond motifs is 2. The van der Waals surface area contributed by atoms with Crippen molar-refractivity contribution in [2.45, 2.75) is 44.6 Å². The van der Waals surface area contributed by atoms with Crippen LogP contribution in [-0.4, -0.2) is 67.9 Å². The van der Waals surface area contributed by atoms with Crippen LogP contribution < -0.4 is 21.7 Å². The molecule has 4 aliphatic rings. The maximum absolute atomic E-state index is 11.4. The zero-order valence-corrected chi connectivity index (χ0v) is 17.0. The van der Waals surface area contributed by atoms with E-state index in [0.717, 1.165) is 0 Å². The number of β-lactam (4-membered cyclic amide) rings is 2. The van der Waals surface area contributed by atoms with E-state index in [4.69, 9.17) is 11.5 Å². The van der Waals surface area contributed by atoms with Crippen molar-refractivity contribution >= 4 is 47.3 Å². The molecule has 0 aromatic heterocycles. The second kappa shape index (κ2) is 9.90. The lowest BCUT2D eigenvalue weighted by Gasteiger charge is -2.49. The maximum atomic E-state index is 11.4. The molecule has 0 aromatic rings. The smallest absolute Gasteiger partial charge is 0.248 e. The van der Waals surface area contributed by atoms with Crippen molar-refractivity contribution < 1.29 is 29.4 Å². The summed E-state index contributed by atoms with van der Waals surface area (Å²) in [6.07, 6.45) is 1.44. The molecular weight excluding hydrogens is 444 g/mol. The molecule has 172 valence electrons. The van der Waals surface area contributed by atoms with E-state index in [2.05, 4.69) is 6.58 Å². The van der Waals surface area contributed by atoms with Gasteiger partial charge in [-0.25, -0.2) is 0 Å². The van der Waals surface area contributed by atoms with Gasteiger partial charge in [0.05, 0.1) is 23.3 Å². The van der Waals surface area contributed by atoms with E-state index >= 15 is 0 Å². The van der Waals surface area contributed by atoms with E-state index in [1.807, 2.05) is 0 Å². The first-order chi connectivity index (χ1) is 13.6. The summed E-state index contributed by atoms with van der Waals surface area (Å²) in [5.41, 5.74) is 12.2. The number of carboxylic acid groups (broad SMARTS) is 2. The van der Waals surface area contributed by atoms with Crippen molar-refractivity contribution in [1.82, 2.24) is 9.80 Å². The van der Waals surface area contributed by atoms with Gasteiger partial charge in [0, 0.05) is 11.5 Å². The molecule has 0 bridgehead atoms. The van der Waals surface area contributed by atoms with Crippen LogP contribution in [0.25, 0.3) is 0 Å². The molecular formula is C19H26N4O6S2-2. The van der Waals surface area contributed by atoms with Crippen LogP contribution in [0.1, 0.15) is 21.8 Å². The predicted octanol–water partition coefficient (Wildman–Crippen LogP) is -2.06. The zero-order chi connectivity index (χ0) is 21.6. The summed E-state index contributed by atoms with van der Waals surface area (Å²) in [7, 11) is 0. The van der Waals surface area contributed by atoms with Gasteiger partial charge in [-0.2, -0.15) is 0 Å². The number of allylic oxidation sites excluding steroid dienone is 1. The number of hydrogen-bond acceptors (Lipinski definition) is 10. The zero-order valence-electron chi connectivity index (χ0n) is 15.3. The molecule has 31 heavy (non-hydrogen) atoms. The first kappa shape index (κ1) is 26.8. The first-order valence-corrected chi connectivity index (χ1v) is 10.6. The summed E-state index contributed by atoms with van der Waals surface area (Å²) in [5.74, 6) is -2.27. The monoisotopic (exact) mass is 470 g/mol. The van der Waals surface area contributed by atoms with Crippen molar-refractivity contribution in [1.29, 1.82) is 0 Å². The van der Waals surface area contributed by atoms with Gasteiger partial charge in [-0.15, -0.1) is 23.5 Å². The van der Waals surface area contributed by atoms with Gasteiger partial charge in [-0.1, -0.05) is 27.5 Å². The fourth-order valence-electron chi connectivity index (χ4n) is 3.34. The quantitative estimate of drug-likeness (QED) is 0.437. The van der Waals surface area contributed by atoms with Gasteiger partial charge in [0.25, 0.3) is 0 Å². The summed E-state index contributed by atoms with van der Waals surface area (Å²) < 4.78 is 0. The van der Waals surface area contributed by atoms with Crippen LogP contribution in [-0.2, 0) is 19.2 Å². The second-order valence-electron chi connectivity index (χ2n) is 6.65.